The van der Waals surface area contributed by atoms with Gasteiger partial charge < -0.3 is 5.32 Å². The summed E-state index contributed by atoms with van der Waals surface area (Å²) in [6.45, 7) is 2.51. The summed E-state index contributed by atoms with van der Waals surface area (Å²) in [5.74, 6) is -0.369. The van der Waals surface area contributed by atoms with Crippen LogP contribution in [0, 0.1) is 12.7 Å². The molecule has 0 aliphatic carbocycles. The molecule has 0 aliphatic heterocycles. The second-order valence-electron chi connectivity index (χ2n) is 3.62. The van der Waals surface area contributed by atoms with E-state index in [2.05, 4.69) is 31.4 Å². The lowest BCUT2D eigenvalue weighted by atomic mass is 10.2. The summed E-state index contributed by atoms with van der Waals surface area (Å²) in [6.07, 6.45) is 1.74. The Labute approximate surface area is 112 Å². The van der Waals surface area contributed by atoms with E-state index in [9.17, 15) is 4.39 Å². The van der Waals surface area contributed by atoms with Crippen LogP contribution in [0.1, 0.15) is 11.3 Å². The average Bonchev–Trinajstić information content (AvgIpc) is 2.62. The van der Waals surface area contributed by atoms with Gasteiger partial charge in [-0.25, -0.2) is 4.39 Å². The third-order valence-electron chi connectivity index (χ3n) is 2.40. The molecule has 0 atom stereocenters. The number of nitrogens with one attached hydrogen (secondary N) is 2. The lowest BCUT2D eigenvalue weighted by Crippen LogP contribution is -2.01. The predicted molar refractivity (Wildman–Crippen MR) is 69.8 cm³/mol. The summed E-state index contributed by atoms with van der Waals surface area (Å²) in [4.78, 5) is 0. The average molecular weight is 319 g/mol. The van der Waals surface area contributed by atoms with Crippen molar-refractivity contribution in [1.82, 2.24) is 10.2 Å². The molecule has 3 nitrogen and oxygen atoms in total. The first-order valence-corrected chi connectivity index (χ1v) is 6.12. The van der Waals surface area contributed by atoms with Crippen molar-refractivity contribution >= 4 is 33.2 Å². The van der Waals surface area contributed by atoms with Crippen LogP contribution in [0.25, 0.3) is 0 Å². The number of aromatic amines is 1. The molecule has 1 aromatic carbocycles. The van der Waals surface area contributed by atoms with Crippen molar-refractivity contribution in [2.45, 2.75) is 13.5 Å². The van der Waals surface area contributed by atoms with E-state index in [1.165, 1.54) is 12.1 Å². The molecule has 0 amide bonds. The van der Waals surface area contributed by atoms with Gasteiger partial charge in [0.25, 0.3) is 0 Å². The van der Waals surface area contributed by atoms with E-state index < -0.39 is 0 Å². The highest BCUT2D eigenvalue weighted by atomic mass is 79.9. The predicted octanol–water partition coefficient (Wildman–Crippen LogP) is 3.89. The van der Waals surface area contributed by atoms with Gasteiger partial charge in [0.05, 0.1) is 16.9 Å². The van der Waals surface area contributed by atoms with E-state index in [4.69, 9.17) is 11.6 Å². The fourth-order valence-corrected chi connectivity index (χ4v) is 2.41. The van der Waals surface area contributed by atoms with Crippen molar-refractivity contribution in [1.29, 1.82) is 0 Å². The Balaban J connectivity index is 2.17. The number of aryl methyl sites for hydroxylation is 1. The summed E-state index contributed by atoms with van der Waals surface area (Å²) in [7, 11) is 0. The van der Waals surface area contributed by atoms with Crippen LogP contribution < -0.4 is 5.32 Å². The van der Waals surface area contributed by atoms with Gasteiger partial charge in [0, 0.05) is 22.3 Å². The Hall–Kier alpha value is -1.07. The molecule has 0 unspecified atom stereocenters. The highest BCUT2D eigenvalue weighted by Gasteiger charge is 2.08. The molecule has 0 saturated heterocycles. The molecular formula is C11H10BrClFN3. The number of nitrogens with zero attached hydrogens (tertiary/aromatic N) is 1. The summed E-state index contributed by atoms with van der Waals surface area (Å²) < 4.78 is 13.6. The minimum atomic E-state index is -0.369. The lowest BCUT2D eigenvalue weighted by molar-refractivity contribution is 0.627. The summed E-state index contributed by atoms with van der Waals surface area (Å²) in [5.41, 5.74) is 2.71. The van der Waals surface area contributed by atoms with E-state index in [1.54, 1.807) is 6.20 Å². The normalized spacial score (nSPS) is 10.6. The second-order valence-corrected chi connectivity index (χ2v) is 4.88. The molecule has 0 radical (unpaired) electrons. The standard InChI is InChI=1S/C11H10BrClFN3/c1-6-7(5-16-17-6)4-15-11-9(12)2-8(14)3-10(11)13/h2-3,5,15H,4H2,1H3,(H,16,17). The van der Waals surface area contributed by atoms with Crippen LogP contribution >= 0.6 is 27.5 Å². The largest absolute Gasteiger partial charge is 0.379 e. The molecule has 1 aromatic heterocycles. The summed E-state index contributed by atoms with van der Waals surface area (Å²) in [5, 5.41) is 10.3. The highest BCUT2D eigenvalue weighted by Crippen LogP contribution is 2.32. The molecule has 0 saturated carbocycles. The van der Waals surface area contributed by atoms with Crippen molar-refractivity contribution in [2.24, 2.45) is 0 Å². The monoisotopic (exact) mass is 317 g/mol. The first kappa shape index (κ1) is 12.4. The molecule has 2 N–H and O–H groups in total. The lowest BCUT2D eigenvalue weighted by Gasteiger charge is -2.10. The van der Waals surface area contributed by atoms with Crippen LogP contribution in [0.15, 0.2) is 22.8 Å². The Bertz CT molecular complexity index is 518. The molecular weight excluding hydrogens is 308 g/mol. The first-order valence-electron chi connectivity index (χ1n) is 4.95. The van der Waals surface area contributed by atoms with Crippen LogP contribution in [0.4, 0.5) is 10.1 Å². The number of benzene rings is 1. The van der Waals surface area contributed by atoms with Crippen LogP contribution in [0.3, 0.4) is 0 Å². The van der Waals surface area contributed by atoms with Gasteiger partial charge in [0.2, 0.25) is 0 Å². The highest BCUT2D eigenvalue weighted by molar-refractivity contribution is 9.10. The molecule has 0 fully saturated rings. The van der Waals surface area contributed by atoms with Crippen molar-refractivity contribution in [3.8, 4) is 0 Å². The van der Waals surface area contributed by atoms with Gasteiger partial charge in [-0.3, -0.25) is 5.10 Å². The van der Waals surface area contributed by atoms with E-state index in [0.29, 0.717) is 21.7 Å². The number of H-pyrrole nitrogens is 1. The SMILES string of the molecule is Cc1[nH]ncc1CNc1c(Cl)cc(F)cc1Br. The number of hydrogen-bond acceptors (Lipinski definition) is 2. The molecule has 1 heterocycles. The van der Waals surface area contributed by atoms with E-state index in [-0.39, 0.29) is 5.82 Å². The molecule has 6 heteroatoms. The molecule has 0 aliphatic rings. The Morgan fingerprint density at radius 2 is 2.29 bits per heavy atom. The minimum absolute atomic E-state index is 0.345. The summed E-state index contributed by atoms with van der Waals surface area (Å²) in [6, 6.07) is 2.65. The number of halogens is 3. The van der Waals surface area contributed by atoms with Crippen LogP contribution in [0.5, 0.6) is 0 Å². The Kier molecular flexibility index (Phi) is 3.69. The van der Waals surface area contributed by atoms with E-state index in [1.807, 2.05) is 6.92 Å². The van der Waals surface area contributed by atoms with Crippen molar-refractivity contribution in [2.75, 3.05) is 5.32 Å². The summed E-state index contributed by atoms with van der Waals surface area (Å²) >= 11 is 9.23. The van der Waals surface area contributed by atoms with Crippen LogP contribution in [-0.2, 0) is 6.54 Å². The maximum atomic E-state index is 13.0. The van der Waals surface area contributed by atoms with Gasteiger partial charge in [0.1, 0.15) is 5.82 Å². The third-order valence-corrected chi connectivity index (χ3v) is 3.32. The zero-order valence-electron chi connectivity index (χ0n) is 9.02. The zero-order valence-corrected chi connectivity index (χ0v) is 11.4. The molecule has 0 spiro atoms. The van der Waals surface area contributed by atoms with E-state index in [0.717, 1.165) is 11.3 Å². The number of hydrogen-bond donors (Lipinski definition) is 2. The Morgan fingerprint density at radius 3 is 2.88 bits per heavy atom. The van der Waals surface area contributed by atoms with Crippen LogP contribution in [-0.4, -0.2) is 10.2 Å². The Morgan fingerprint density at radius 1 is 1.53 bits per heavy atom. The van der Waals surface area contributed by atoms with Gasteiger partial charge in [-0.1, -0.05) is 11.6 Å². The molecule has 2 rings (SSSR count). The quantitative estimate of drug-likeness (QED) is 0.901. The van der Waals surface area contributed by atoms with E-state index >= 15 is 0 Å². The van der Waals surface area contributed by atoms with Crippen molar-refractivity contribution in [3.63, 3.8) is 0 Å². The third kappa shape index (κ3) is 2.79. The second kappa shape index (κ2) is 5.06. The fourth-order valence-electron chi connectivity index (χ4n) is 1.45. The zero-order chi connectivity index (χ0) is 12.4. The maximum Gasteiger partial charge on any atom is 0.125 e. The molecule has 90 valence electrons. The fraction of sp³-hybridized carbons (Fsp3) is 0.182. The van der Waals surface area contributed by atoms with Crippen molar-refractivity contribution < 1.29 is 4.39 Å². The smallest absolute Gasteiger partial charge is 0.125 e. The number of rotatable bonds is 3. The van der Waals surface area contributed by atoms with Gasteiger partial charge in [-0.15, -0.1) is 0 Å². The minimum Gasteiger partial charge on any atom is -0.379 e. The van der Waals surface area contributed by atoms with Crippen LogP contribution in [0.2, 0.25) is 5.02 Å². The topological polar surface area (TPSA) is 40.7 Å². The number of anilines is 1. The number of aromatic nitrogens is 2. The first-order chi connectivity index (χ1) is 8.08. The van der Waals surface area contributed by atoms with Gasteiger partial charge >= 0.3 is 0 Å². The van der Waals surface area contributed by atoms with Crippen molar-refractivity contribution in [3.05, 3.63) is 44.9 Å². The van der Waals surface area contributed by atoms with Gasteiger partial charge in [-0.2, -0.15) is 5.10 Å². The molecule has 17 heavy (non-hydrogen) atoms. The van der Waals surface area contributed by atoms with Gasteiger partial charge in [0.15, 0.2) is 0 Å². The molecule has 0 bridgehead atoms. The van der Waals surface area contributed by atoms with Gasteiger partial charge in [-0.05, 0) is 35.0 Å². The maximum absolute atomic E-state index is 13.0. The molecule has 2 aromatic rings.